The molecule has 0 radical (unpaired) electrons. The number of ether oxygens (including phenoxy) is 1. The Hall–Kier alpha value is -2.27. The summed E-state index contributed by atoms with van der Waals surface area (Å²) in [4.78, 5) is 0. The lowest BCUT2D eigenvalue weighted by Gasteiger charge is -2.13. The van der Waals surface area contributed by atoms with Gasteiger partial charge in [-0.15, -0.1) is 0 Å². The van der Waals surface area contributed by atoms with Crippen LogP contribution in [0.1, 0.15) is 42.0 Å². The van der Waals surface area contributed by atoms with Gasteiger partial charge in [0.1, 0.15) is 17.6 Å². The van der Waals surface area contributed by atoms with Crippen molar-refractivity contribution in [2.24, 2.45) is 0 Å². The number of hydrogen-bond acceptors (Lipinski definition) is 2. The molecule has 0 amide bonds. The number of nitrogens with zero attached hydrogens (tertiary/aromatic N) is 1. The van der Waals surface area contributed by atoms with Crippen molar-refractivity contribution < 1.29 is 4.74 Å². The summed E-state index contributed by atoms with van der Waals surface area (Å²) in [7, 11) is 0. The summed E-state index contributed by atoms with van der Waals surface area (Å²) in [5, 5.41) is 9.20. The van der Waals surface area contributed by atoms with E-state index in [0.717, 1.165) is 16.9 Å². The molecule has 0 aromatic heterocycles. The number of benzene rings is 2. The van der Waals surface area contributed by atoms with Crippen LogP contribution < -0.4 is 4.74 Å². The summed E-state index contributed by atoms with van der Waals surface area (Å²) >= 11 is 0. The van der Waals surface area contributed by atoms with Gasteiger partial charge in [-0.05, 0) is 54.7 Å². The predicted octanol–water partition coefficient (Wildman–Crippen LogP) is 5.09. The second kappa shape index (κ2) is 5.79. The summed E-state index contributed by atoms with van der Waals surface area (Å²) < 4.78 is 5.95. The SMILES string of the molecule is Cc1ccc(Oc2cc(C(C)C)ccc2C)c(C#N)c1. The lowest BCUT2D eigenvalue weighted by molar-refractivity contribution is 0.476. The van der Waals surface area contributed by atoms with Crippen molar-refractivity contribution in [1.29, 1.82) is 5.26 Å². The average molecular weight is 265 g/mol. The Morgan fingerprint density at radius 2 is 1.75 bits per heavy atom. The lowest BCUT2D eigenvalue weighted by Crippen LogP contribution is -1.94. The molecule has 2 rings (SSSR count). The molecule has 0 N–H and O–H groups in total. The zero-order chi connectivity index (χ0) is 14.7. The van der Waals surface area contributed by atoms with E-state index in [2.05, 4.69) is 38.1 Å². The Balaban J connectivity index is 2.40. The first-order valence-corrected chi connectivity index (χ1v) is 6.80. The Kier molecular flexibility index (Phi) is 4.10. The van der Waals surface area contributed by atoms with Gasteiger partial charge in [-0.2, -0.15) is 5.26 Å². The zero-order valence-corrected chi connectivity index (χ0v) is 12.4. The molecule has 0 fully saturated rings. The van der Waals surface area contributed by atoms with E-state index in [1.807, 2.05) is 32.0 Å². The highest BCUT2D eigenvalue weighted by Crippen LogP contribution is 2.30. The van der Waals surface area contributed by atoms with Crippen LogP contribution in [0.15, 0.2) is 36.4 Å². The molecule has 0 atom stereocenters. The first-order chi connectivity index (χ1) is 9.51. The molecule has 0 saturated heterocycles. The fourth-order valence-electron chi connectivity index (χ4n) is 2.02. The third kappa shape index (κ3) is 3.00. The summed E-state index contributed by atoms with van der Waals surface area (Å²) in [6.07, 6.45) is 0. The Morgan fingerprint density at radius 3 is 2.40 bits per heavy atom. The molecule has 2 aromatic rings. The summed E-state index contributed by atoms with van der Waals surface area (Å²) in [6, 6.07) is 14.1. The zero-order valence-electron chi connectivity index (χ0n) is 12.4. The van der Waals surface area contributed by atoms with E-state index in [-0.39, 0.29) is 0 Å². The van der Waals surface area contributed by atoms with E-state index in [1.54, 1.807) is 0 Å². The predicted molar refractivity (Wildman–Crippen MR) is 81.2 cm³/mol. The topological polar surface area (TPSA) is 33.0 Å². The van der Waals surface area contributed by atoms with Crippen LogP contribution in [-0.2, 0) is 0 Å². The third-order valence-electron chi connectivity index (χ3n) is 3.35. The van der Waals surface area contributed by atoms with Gasteiger partial charge < -0.3 is 4.74 Å². The highest BCUT2D eigenvalue weighted by atomic mass is 16.5. The van der Waals surface area contributed by atoms with E-state index >= 15 is 0 Å². The van der Waals surface area contributed by atoms with E-state index in [4.69, 9.17) is 4.74 Å². The first-order valence-electron chi connectivity index (χ1n) is 6.80. The Labute approximate surface area is 120 Å². The van der Waals surface area contributed by atoms with E-state index < -0.39 is 0 Å². The Bertz CT molecular complexity index is 666. The molecular weight excluding hydrogens is 246 g/mol. The second-order valence-electron chi connectivity index (χ2n) is 5.39. The van der Waals surface area contributed by atoms with E-state index in [1.165, 1.54) is 5.56 Å². The third-order valence-corrected chi connectivity index (χ3v) is 3.35. The standard InChI is InChI=1S/C18H19NO/c1-12(2)15-7-6-14(4)18(10-15)20-17-8-5-13(3)9-16(17)11-19/h5-10,12H,1-4H3. The molecule has 0 heterocycles. The minimum atomic E-state index is 0.450. The van der Waals surface area contributed by atoms with E-state index in [9.17, 15) is 5.26 Å². The molecule has 2 aromatic carbocycles. The van der Waals surface area contributed by atoms with Crippen LogP contribution in [-0.4, -0.2) is 0 Å². The monoisotopic (exact) mass is 265 g/mol. The van der Waals surface area contributed by atoms with Crippen molar-refractivity contribution in [3.05, 3.63) is 58.7 Å². The van der Waals surface area contributed by atoms with Crippen molar-refractivity contribution >= 4 is 0 Å². The molecule has 0 aliphatic heterocycles. The van der Waals surface area contributed by atoms with Gasteiger partial charge in [-0.25, -0.2) is 0 Å². The van der Waals surface area contributed by atoms with Crippen LogP contribution in [0.4, 0.5) is 0 Å². The maximum absolute atomic E-state index is 9.20. The van der Waals surface area contributed by atoms with Crippen LogP contribution in [0, 0.1) is 25.2 Å². The maximum atomic E-state index is 9.20. The summed E-state index contributed by atoms with van der Waals surface area (Å²) in [5.41, 5.74) is 3.93. The van der Waals surface area contributed by atoms with Crippen LogP contribution in [0.5, 0.6) is 11.5 Å². The van der Waals surface area contributed by atoms with Gasteiger partial charge in [0.25, 0.3) is 0 Å². The molecular formula is C18H19NO. The molecule has 0 aliphatic rings. The van der Waals surface area contributed by atoms with Crippen molar-refractivity contribution in [2.75, 3.05) is 0 Å². The van der Waals surface area contributed by atoms with Gasteiger partial charge in [-0.3, -0.25) is 0 Å². The molecule has 0 saturated carbocycles. The molecule has 2 heteroatoms. The maximum Gasteiger partial charge on any atom is 0.145 e. The van der Waals surface area contributed by atoms with Gasteiger partial charge in [-0.1, -0.05) is 32.0 Å². The van der Waals surface area contributed by atoms with Gasteiger partial charge in [0, 0.05) is 0 Å². The van der Waals surface area contributed by atoms with Crippen molar-refractivity contribution in [1.82, 2.24) is 0 Å². The number of nitriles is 1. The van der Waals surface area contributed by atoms with Crippen molar-refractivity contribution in [3.63, 3.8) is 0 Å². The number of hydrogen-bond donors (Lipinski definition) is 0. The number of aryl methyl sites for hydroxylation is 2. The fraction of sp³-hybridized carbons (Fsp3) is 0.278. The largest absolute Gasteiger partial charge is 0.456 e. The van der Waals surface area contributed by atoms with Gasteiger partial charge >= 0.3 is 0 Å². The van der Waals surface area contributed by atoms with Crippen LogP contribution in [0.2, 0.25) is 0 Å². The highest BCUT2D eigenvalue weighted by molar-refractivity contribution is 5.49. The molecule has 0 bridgehead atoms. The average Bonchev–Trinajstić information content (AvgIpc) is 2.42. The smallest absolute Gasteiger partial charge is 0.145 e. The van der Waals surface area contributed by atoms with Gasteiger partial charge in [0.05, 0.1) is 5.56 Å². The minimum Gasteiger partial charge on any atom is -0.456 e. The molecule has 0 spiro atoms. The quantitative estimate of drug-likeness (QED) is 0.774. The molecule has 0 unspecified atom stereocenters. The van der Waals surface area contributed by atoms with Crippen molar-refractivity contribution in [2.45, 2.75) is 33.6 Å². The van der Waals surface area contributed by atoms with Crippen LogP contribution in [0.3, 0.4) is 0 Å². The fourth-order valence-corrected chi connectivity index (χ4v) is 2.02. The highest BCUT2D eigenvalue weighted by Gasteiger charge is 2.09. The molecule has 0 aliphatic carbocycles. The lowest BCUT2D eigenvalue weighted by atomic mass is 10.0. The summed E-state index contributed by atoms with van der Waals surface area (Å²) in [6.45, 7) is 8.29. The molecule has 20 heavy (non-hydrogen) atoms. The number of rotatable bonds is 3. The Morgan fingerprint density at radius 1 is 1.00 bits per heavy atom. The molecule has 102 valence electrons. The van der Waals surface area contributed by atoms with Gasteiger partial charge in [0.2, 0.25) is 0 Å². The van der Waals surface area contributed by atoms with E-state index in [0.29, 0.717) is 17.2 Å². The minimum absolute atomic E-state index is 0.450. The normalized spacial score (nSPS) is 10.4. The van der Waals surface area contributed by atoms with Crippen molar-refractivity contribution in [3.8, 4) is 17.6 Å². The molecule has 2 nitrogen and oxygen atoms in total. The van der Waals surface area contributed by atoms with Gasteiger partial charge in [0.15, 0.2) is 0 Å². The second-order valence-corrected chi connectivity index (χ2v) is 5.39. The summed E-state index contributed by atoms with van der Waals surface area (Å²) in [5.74, 6) is 1.88. The van der Waals surface area contributed by atoms with Crippen LogP contribution >= 0.6 is 0 Å². The van der Waals surface area contributed by atoms with Crippen LogP contribution in [0.25, 0.3) is 0 Å². The first kappa shape index (κ1) is 14.1.